The van der Waals surface area contributed by atoms with Crippen LogP contribution in [0, 0.1) is 5.92 Å². The lowest BCUT2D eigenvalue weighted by Crippen LogP contribution is -2.53. The molecule has 0 fully saturated rings. The highest BCUT2D eigenvalue weighted by Crippen LogP contribution is 2.44. The highest BCUT2D eigenvalue weighted by Gasteiger charge is 2.31. The standard InChI is InChI=1S/C42H42N4O4/c1-27(2)24-38(46-42(49)50-26-35-31-18-8-6-16-29(31)30-17-7-9-19-32(30)35)40(47)45-39(25-28-14-4-3-5-15-28)41(48)44-37-23-13-11-21-34(37)33-20-10-12-22-36(33)43/h3-23,27,35,38-39H,24-26,43H2,1-2H3,(H,44,48)(H,45,47)(H,46,49)/t38-,39-/m0/s1. The van der Waals surface area contributed by atoms with Crippen LogP contribution in [-0.4, -0.2) is 36.6 Å². The van der Waals surface area contributed by atoms with Gasteiger partial charge in [0.25, 0.3) is 0 Å². The van der Waals surface area contributed by atoms with Crippen LogP contribution in [-0.2, 0) is 20.7 Å². The average Bonchev–Trinajstić information content (AvgIpc) is 3.44. The third-order valence-corrected chi connectivity index (χ3v) is 9.01. The predicted octanol–water partition coefficient (Wildman–Crippen LogP) is 7.56. The second-order valence-corrected chi connectivity index (χ2v) is 13.0. The molecule has 2 atom stereocenters. The summed E-state index contributed by atoms with van der Waals surface area (Å²) < 4.78 is 5.77. The number of nitrogen functional groups attached to an aromatic ring is 1. The predicted molar refractivity (Wildman–Crippen MR) is 198 cm³/mol. The summed E-state index contributed by atoms with van der Waals surface area (Å²) >= 11 is 0. The summed E-state index contributed by atoms with van der Waals surface area (Å²) in [6.45, 7) is 4.07. The third kappa shape index (κ3) is 7.87. The molecule has 0 bridgehead atoms. The lowest BCUT2D eigenvalue weighted by Gasteiger charge is -2.25. The van der Waals surface area contributed by atoms with Gasteiger partial charge in [0, 0.05) is 34.8 Å². The number of amides is 3. The molecule has 0 radical (unpaired) electrons. The number of anilines is 2. The minimum atomic E-state index is -0.940. The third-order valence-electron chi connectivity index (χ3n) is 9.01. The molecule has 0 saturated heterocycles. The highest BCUT2D eigenvalue weighted by atomic mass is 16.5. The molecule has 8 heteroatoms. The number of hydrogen-bond acceptors (Lipinski definition) is 5. The maximum Gasteiger partial charge on any atom is 0.407 e. The van der Waals surface area contributed by atoms with Crippen LogP contribution < -0.4 is 21.7 Å². The SMILES string of the molecule is CC(C)C[C@H](NC(=O)OCC1c2ccccc2-c2ccccc21)C(=O)N[C@@H](Cc1ccccc1)C(=O)Nc1ccccc1-c1ccccc1N. The molecular weight excluding hydrogens is 624 g/mol. The molecular formula is C42H42N4O4. The Morgan fingerprint density at radius 3 is 1.84 bits per heavy atom. The highest BCUT2D eigenvalue weighted by molar-refractivity contribution is 6.01. The van der Waals surface area contributed by atoms with E-state index < -0.39 is 30.0 Å². The monoisotopic (exact) mass is 666 g/mol. The Bertz CT molecular complexity index is 1930. The number of carbonyl (C=O) groups excluding carboxylic acids is 3. The zero-order valence-corrected chi connectivity index (χ0v) is 28.3. The van der Waals surface area contributed by atoms with Gasteiger partial charge in [-0.15, -0.1) is 0 Å². The van der Waals surface area contributed by atoms with Crippen molar-refractivity contribution in [2.24, 2.45) is 5.92 Å². The molecule has 5 N–H and O–H groups in total. The molecule has 5 aromatic carbocycles. The van der Waals surface area contributed by atoms with E-state index in [4.69, 9.17) is 10.5 Å². The summed E-state index contributed by atoms with van der Waals surface area (Å²) in [5.74, 6) is -0.902. The number of carbonyl (C=O) groups is 3. The Hall–Kier alpha value is -5.89. The second-order valence-electron chi connectivity index (χ2n) is 13.0. The van der Waals surface area contributed by atoms with E-state index in [9.17, 15) is 14.4 Å². The van der Waals surface area contributed by atoms with Crippen molar-refractivity contribution in [3.05, 3.63) is 144 Å². The molecule has 1 aliphatic carbocycles. The van der Waals surface area contributed by atoms with Gasteiger partial charge < -0.3 is 26.4 Å². The van der Waals surface area contributed by atoms with Gasteiger partial charge in [-0.3, -0.25) is 9.59 Å². The Morgan fingerprint density at radius 2 is 1.20 bits per heavy atom. The zero-order valence-electron chi connectivity index (χ0n) is 28.3. The van der Waals surface area contributed by atoms with Crippen molar-refractivity contribution in [3.8, 4) is 22.3 Å². The van der Waals surface area contributed by atoms with Gasteiger partial charge >= 0.3 is 6.09 Å². The Balaban J connectivity index is 1.17. The summed E-state index contributed by atoms with van der Waals surface area (Å²) in [5.41, 5.74) is 14.3. The van der Waals surface area contributed by atoms with Crippen LogP contribution in [0.3, 0.4) is 0 Å². The molecule has 0 heterocycles. The number of para-hydroxylation sites is 2. The van der Waals surface area contributed by atoms with Gasteiger partial charge in [0.15, 0.2) is 0 Å². The van der Waals surface area contributed by atoms with E-state index in [1.807, 2.05) is 111 Å². The first kappa shape index (κ1) is 34.0. The topological polar surface area (TPSA) is 123 Å². The van der Waals surface area contributed by atoms with Crippen LogP contribution in [0.15, 0.2) is 127 Å². The molecule has 0 spiro atoms. The molecule has 254 valence electrons. The van der Waals surface area contributed by atoms with Crippen molar-refractivity contribution in [2.45, 2.75) is 44.7 Å². The minimum Gasteiger partial charge on any atom is -0.449 e. The molecule has 5 aromatic rings. The maximum absolute atomic E-state index is 14.0. The van der Waals surface area contributed by atoms with Crippen LogP contribution in [0.4, 0.5) is 16.2 Å². The number of nitrogens with one attached hydrogen (secondary N) is 3. The number of alkyl carbamates (subject to hydrolysis) is 1. The summed E-state index contributed by atoms with van der Waals surface area (Å²) in [5, 5.41) is 8.77. The van der Waals surface area contributed by atoms with Gasteiger partial charge in [-0.1, -0.05) is 129 Å². The van der Waals surface area contributed by atoms with E-state index in [0.717, 1.165) is 38.9 Å². The van der Waals surface area contributed by atoms with Crippen LogP contribution >= 0.6 is 0 Å². The van der Waals surface area contributed by atoms with Gasteiger partial charge in [-0.2, -0.15) is 0 Å². The van der Waals surface area contributed by atoms with E-state index >= 15 is 0 Å². The number of nitrogens with two attached hydrogens (primary N) is 1. The van der Waals surface area contributed by atoms with Gasteiger partial charge in [0.2, 0.25) is 11.8 Å². The maximum atomic E-state index is 14.0. The van der Waals surface area contributed by atoms with Crippen LogP contribution in [0.5, 0.6) is 0 Å². The molecule has 0 saturated carbocycles. The molecule has 50 heavy (non-hydrogen) atoms. The lowest BCUT2D eigenvalue weighted by atomic mass is 9.98. The molecule has 8 nitrogen and oxygen atoms in total. The van der Waals surface area contributed by atoms with Gasteiger partial charge in [-0.25, -0.2) is 4.79 Å². The molecule has 3 amide bonds. The number of rotatable bonds is 12. The smallest absolute Gasteiger partial charge is 0.407 e. The first-order chi connectivity index (χ1) is 24.3. The van der Waals surface area contributed by atoms with Crippen LogP contribution in [0.2, 0.25) is 0 Å². The van der Waals surface area contributed by atoms with Crippen molar-refractivity contribution in [1.29, 1.82) is 0 Å². The first-order valence-corrected chi connectivity index (χ1v) is 17.0. The van der Waals surface area contributed by atoms with Crippen LogP contribution in [0.25, 0.3) is 22.3 Å². The number of hydrogen-bond donors (Lipinski definition) is 4. The fourth-order valence-electron chi connectivity index (χ4n) is 6.61. The number of fused-ring (bicyclic) bond motifs is 3. The fourth-order valence-corrected chi connectivity index (χ4v) is 6.61. The van der Waals surface area contributed by atoms with Gasteiger partial charge in [0.05, 0.1) is 0 Å². The van der Waals surface area contributed by atoms with E-state index in [0.29, 0.717) is 17.8 Å². The normalized spacial score (nSPS) is 13.1. The summed E-state index contributed by atoms with van der Waals surface area (Å²) in [6, 6.07) is 38.7. The molecule has 6 rings (SSSR count). The van der Waals surface area contributed by atoms with E-state index in [-0.39, 0.29) is 24.9 Å². The van der Waals surface area contributed by atoms with Gasteiger partial charge in [0.1, 0.15) is 18.7 Å². The molecule has 1 aliphatic rings. The quantitative estimate of drug-likeness (QED) is 0.102. The zero-order chi connectivity index (χ0) is 35.0. The Labute approximate surface area is 293 Å². The number of benzene rings is 5. The average molecular weight is 667 g/mol. The summed E-state index contributed by atoms with van der Waals surface area (Å²) in [6.07, 6.45) is -0.0923. The van der Waals surface area contributed by atoms with Crippen molar-refractivity contribution in [3.63, 3.8) is 0 Å². The van der Waals surface area contributed by atoms with Crippen molar-refractivity contribution in [2.75, 3.05) is 17.7 Å². The molecule has 0 aliphatic heterocycles. The first-order valence-electron chi connectivity index (χ1n) is 17.0. The number of ether oxygens (including phenoxy) is 1. The van der Waals surface area contributed by atoms with E-state index in [1.54, 1.807) is 6.07 Å². The fraction of sp³-hybridized carbons (Fsp3) is 0.214. The summed E-state index contributed by atoms with van der Waals surface area (Å²) in [4.78, 5) is 41.2. The Kier molecular flexibility index (Phi) is 10.6. The lowest BCUT2D eigenvalue weighted by molar-refractivity contribution is -0.128. The van der Waals surface area contributed by atoms with Gasteiger partial charge in [-0.05, 0) is 52.3 Å². The van der Waals surface area contributed by atoms with Crippen molar-refractivity contribution >= 4 is 29.3 Å². The molecule has 0 aromatic heterocycles. The largest absolute Gasteiger partial charge is 0.449 e. The minimum absolute atomic E-state index is 0.0734. The Morgan fingerprint density at radius 1 is 0.640 bits per heavy atom. The van der Waals surface area contributed by atoms with Crippen LogP contribution in [0.1, 0.15) is 42.9 Å². The van der Waals surface area contributed by atoms with E-state index in [1.165, 1.54) is 0 Å². The summed E-state index contributed by atoms with van der Waals surface area (Å²) in [7, 11) is 0. The second kappa shape index (κ2) is 15.6. The van der Waals surface area contributed by atoms with Crippen molar-refractivity contribution < 1.29 is 19.1 Å². The molecule has 0 unspecified atom stereocenters. The van der Waals surface area contributed by atoms with E-state index in [2.05, 4.69) is 40.2 Å². The van der Waals surface area contributed by atoms with Crippen molar-refractivity contribution in [1.82, 2.24) is 10.6 Å².